The molecular formula is C28H27NO4. The molecule has 0 radical (unpaired) electrons. The van der Waals surface area contributed by atoms with E-state index in [9.17, 15) is 15.0 Å². The lowest BCUT2D eigenvalue weighted by molar-refractivity contribution is 0.0697. The van der Waals surface area contributed by atoms with E-state index in [1.165, 1.54) is 11.8 Å². The summed E-state index contributed by atoms with van der Waals surface area (Å²) in [6, 6.07) is 26.6. The summed E-state index contributed by atoms with van der Waals surface area (Å²) < 4.78 is 5.44. The van der Waals surface area contributed by atoms with Crippen LogP contribution in [0.25, 0.3) is 22.5 Å². The molecule has 3 N–H and O–H groups in total. The first-order chi connectivity index (χ1) is 16.0. The molecule has 0 unspecified atom stereocenters. The van der Waals surface area contributed by atoms with E-state index in [2.05, 4.69) is 17.4 Å². The molecular weight excluding hydrogens is 414 g/mol. The molecule has 168 valence electrons. The van der Waals surface area contributed by atoms with Crippen molar-refractivity contribution in [3.8, 4) is 22.5 Å². The number of hydrogen-bond acceptors (Lipinski definition) is 4. The Morgan fingerprint density at radius 2 is 1.67 bits per heavy atom. The molecule has 0 bridgehead atoms. The fourth-order valence-electron chi connectivity index (χ4n) is 3.90. The van der Waals surface area contributed by atoms with Gasteiger partial charge in [-0.2, -0.15) is 0 Å². The van der Waals surface area contributed by atoms with Crippen LogP contribution < -0.4 is 5.32 Å². The van der Waals surface area contributed by atoms with Crippen LogP contribution in [0.5, 0.6) is 0 Å². The molecule has 0 aliphatic heterocycles. The smallest absolute Gasteiger partial charge is 0.336 e. The Kier molecular flexibility index (Phi) is 7.03. The van der Waals surface area contributed by atoms with Gasteiger partial charge in [-0.25, -0.2) is 4.79 Å². The fraction of sp³-hybridized carbons (Fsp3) is 0.179. The van der Waals surface area contributed by atoms with Gasteiger partial charge in [0.1, 0.15) is 5.76 Å². The van der Waals surface area contributed by atoms with Crippen molar-refractivity contribution >= 4 is 5.97 Å². The average Bonchev–Trinajstić information content (AvgIpc) is 3.39. The van der Waals surface area contributed by atoms with E-state index in [1.54, 1.807) is 18.2 Å². The summed E-state index contributed by atoms with van der Waals surface area (Å²) >= 11 is 0. The Labute approximate surface area is 193 Å². The van der Waals surface area contributed by atoms with Crippen LogP contribution in [0.1, 0.15) is 34.5 Å². The van der Waals surface area contributed by atoms with Crippen LogP contribution in [0.4, 0.5) is 0 Å². The first-order valence-corrected chi connectivity index (χ1v) is 11.0. The van der Waals surface area contributed by atoms with Crippen molar-refractivity contribution in [2.75, 3.05) is 6.54 Å². The quantitative estimate of drug-likeness (QED) is 0.316. The molecule has 0 spiro atoms. The molecule has 4 aromatic rings. The number of rotatable bonds is 9. The number of benzene rings is 3. The van der Waals surface area contributed by atoms with Crippen molar-refractivity contribution in [2.45, 2.75) is 25.5 Å². The third kappa shape index (κ3) is 5.40. The summed E-state index contributed by atoms with van der Waals surface area (Å²) in [7, 11) is 0. The molecule has 0 aliphatic carbocycles. The lowest BCUT2D eigenvalue weighted by atomic mass is 9.97. The van der Waals surface area contributed by atoms with Gasteiger partial charge in [0.2, 0.25) is 0 Å². The minimum Gasteiger partial charge on any atom is -0.478 e. The van der Waals surface area contributed by atoms with Crippen molar-refractivity contribution in [3.63, 3.8) is 0 Å². The second kappa shape index (κ2) is 10.3. The van der Waals surface area contributed by atoms with E-state index in [0.29, 0.717) is 11.3 Å². The molecule has 4 rings (SSSR count). The number of hydrogen-bond donors (Lipinski definition) is 3. The van der Waals surface area contributed by atoms with E-state index in [4.69, 9.17) is 4.42 Å². The van der Waals surface area contributed by atoms with Crippen LogP contribution in [-0.2, 0) is 6.42 Å². The van der Waals surface area contributed by atoms with Gasteiger partial charge in [0.05, 0.1) is 17.9 Å². The summed E-state index contributed by atoms with van der Waals surface area (Å²) in [4.78, 5) is 11.6. The van der Waals surface area contributed by atoms with Crippen molar-refractivity contribution in [3.05, 3.63) is 108 Å². The summed E-state index contributed by atoms with van der Waals surface area (Å²) in [6.45, 7) is 2.73. The van der Waals surface area contributed by atoms with Crippen LogP contribution in [-0.4, -0.2) is 28.8 Å². The highest BCUT2D eigenvalue weighted by Gasteiger charge is 2.16. The Bertz CT molecular complexity index is 1180. The maximum atomic E-state index is 11.6. The summed E-state index contributed by atoms with van der Waals surface area (Å²) in [5.74, 6) is -0.453. The van der Waals surface area contributed by atoms with Crippen molar-refractivity contribution in [1.29, 1.82) is 0 Å². The molecule has 33 heavy (non-hydrogen) atoms. The number of aliphatic hydroxyl groups is 1. The lowest BCUT2D eigenvalue weighted by Crippen LogP contribution is -2.33. The predicted molar refractivity (Wildman–Crippen MR) is 129 cm³/mol. The average molecular weight is 442 g/mol. The normalized spacial score (nSPS) is 12.9. The third-order valence-corrected chi connectivity index (χ3v) is 5.82. The van der Waals surface area contributed by atoms with Crippen molar-refractivity contribution in [1.82, 2.24) is 5.32 Å². The third-order valence-electron chi connectivity index (χ3n) is 5.82. The molecule has 2 atom stereocenters. The van der Waals surface area contributed by atoms with Crippen molar-refractivity contribution in [2.24, 2.45) is 0 Å². The van der Waals surface area contributed by atoms with E-state index in [1.807, 2.05) is 61.5 Å². The minimum atomic E-state index is -0.984. The van der Waals surface area contributed by atoms with E-state index >= 15 is 0 Å². The number of carboxylic acid groups (broad SMARTS) is 1. The van der Waals surface area contributed by atoms with E-state index in [0.717, 1.165) is 29.7 Å². The highest BCUT2D eigenvalue weighted by atomic mass is 16.4. The topological polar surface area (TPSA) is 82.7 Å². The van der Waals surface area contributed by atoms with E-state index in [-0.39, 0.29) is 11.6 Å². The number of furan rings is 1. The zero-order chi connectivity index (χ0) is 23.2. The molecule has 5 nitrogen and oxygen atoms in total. The Morgan fingerprint density at radius 3 is 2.33 bits per heavy atom. The zero-order valence-corrected chi connectivity index (χ0v) is 18.4. The van der Waals surface area contributed by atoms with Crippen LogP contribution >= 0.6 is 0 Å². The number of carbonyl (C=O) groups is 1. The second-order valence-electron chi connectivity index (χ2n) is 8.09. The Balaban J connectivity index is 1.40. The SMILES string of the molecule is C[C@H](NCCc1ccc(-c2ccc(C(=O)O)c(-c3ccco3)c2)cc1)[C@@H](O)c1ccccc1. The molecule has 1 aromatic heterocycles. The molecule has 0 amide bonds. The van der Waals surface area contributed by atoms with Crippen LogP contribution in [0, 0.1) is 0 Å². The monoisotopic (exact) mass is 441 g/mol. The van der Waals surface area contributed by atoms with Gasteiger partial charge in [-0.05, 0) is 66.4 Å². The standard InChI is InChI=1S/C28H27NO4/c1-19(27(30)22-6-3-2-4-7-22)29-16-15-20-9-11-21(12-10-20)23-13-14-24(28(31)32)25(18-23)26-8-5-17-33-26/h2-14,17-19,27,29-30H,15-16H2,1H3,(H,31,32)/t19-,27+/m0/s1. The number of nitrogens with one attached hydrogen (secondary N) is 1. The molecule has 5 heteroatoms. The minimum absolute atomic E-state index is 0.0561. The van der Waals surface area contributed by atoms with Gasteiger partial charge in [-0.3, -0.25) is 0 Å². The van der Waals surface area contributed by atoms with Crippen LogP contribution in [0.3, 0.4) is 0 Å². The van der Waals surface area contributed by atoms with Gasteiger partial charge >= 0.3 is 5.97 Å². The molecule has 0 aliphatic rings. The van der Waals surface area contributed by atoms with Gasteiger partial charge in [-0.1, -0.05) is 60.7 Å². The number of aromatic carboxylic acids is 1. The second-order valence-corrected chi connectivity index (χ2v) is 8.09. The predicted octanol–water partition coefficient (Wildman–Crippen LogP) is 5.57. The van der Waals surface area contributed by atoms with Gasteiger partial charge in [0.25, 0.3) is 0 Å². The summed E-state index contributed by atoms with van der Waals surface area (Å²) in [5, 5.41) is 23.4. The number of carboxylic acids is 1. The Morgan fingerprint density at radius 1 is 0.939 bits per heavy atom. The highest BCUT2D eigenvalue weighted by Crippen LogP contribution is 2.30. The van der Waals surface area contributed by atoms with Crippen molar-refractivity contribution < 1.29 is 19.4 Å². The number of aliphatic hydroxyl groups excluding tert-OH is 1. The molecule has 0 saturated carbocycles. The van der Waals surface area contributed by atoms with Gasteiger partial charge in [0, 0.05) is 11.6 Å². The van der Waals surface area contributed by atoms with Gasteiger partial charge in [0.15, 0.2) is 0 Å². The Hall–Kier alpha value is -3.67. The van der Waals surface area contributed by atoms with Crippen LogP contribution in [0.15, 0.2) is 95.6 Å². The molecule has 1 heterocycles. The van der Waals surface area contributed by atoms with Crippen LogP contribution in [0.2, 0.25) is 0 Å². The first kappa shape index (κ1) is 22.5. The summed E-state index contributed by atoms with van der Waals surface area (Å²) in [6.07, 6.45) is 1.82. The fourth-order valence-corrected chi connectivity index (χ4v) is 3.90. The maximum Gasteiger partial charge on any atom is 0.336 e. The van der Waals surface area contributed by atoms with Gasteiger partial charge in [-0.15, -0.1) is 0 Å². The van der Waals surface area contributed by atoms with E-state index < -0.39 is 12.1 Å². The zero-order valence-electron chi connectivity index (χ0n) is 18.4. The summed E-state index contributed by atoms with van der Waals surface area (Å²) in [5.41, 5.74) is 4.79. The molecule has 0 fully saturated rings. The first-order valence-electron chi connectivity index (χ1n) is 11.0. The largest absolute Gasteiger partial charge is 0.478 e. The molecule has 0 saturated heterocycles. The molecule has 3 aromatic carbocycles. The van der Waals surface area contributed by atoms with Gasteiger partial charge < -0.3 is 19.9 Å². The maximum absolute atomic E-state index is 11.6. The lowest BCUT2D eigenvalue weighted by Gasteiger charge is -2.20. The highest BCUT2D eigenvalue weighted by molar-refractivity contribution is 5.96.